The minimum atomic E-state index is -3.98. The van der Waals surface area contributed by atoms with Gasteiger partial charge in [0.15, 0.2) is 9.84 Å². The number of sulfone groups is 1. The van der Waals surface area contributed by atoms with Gasteiger partial charge in [0.2, 0.25) is 10.0 Å². The van der Waals surface area contributed by atoms with Gasteiger partial charge in [-0.15, -0.1) is 0 Å². The summed E-state index contributed by atoms with van der Waals surface area (Å²) < 4.78 is 54.1. The van der Waals surface area contributed by atoms with Crippen molar-refractivity contribution in [2.45, 2.75) is 15.0 Å². The Morgan fingerprint density at radius 3 is 2.21 bits per heavy atom. The van der Waals surface area contributed by atoms with Gasteiger partial charge < -0.3 is 0 Å². The fourth-order valence-corrected chi connectivity index (χ4v) is 5.89. The van der Waals surface area contributed by atoms with Crippen LogP contribution in [0, 0.1) is 0 Å². The zero-order valence-electron chi connectivity index (χ0n) is 14.9. The Hall–Kier alpha value is -1.97. The minimum Gasteiger partial charge on any atom is -0.264 e. The number of hydrogen-bond acceptors (Lipinski definition) is 5. The van der Waals surface area contributed by atoms with Gasteiger partial charge in [-0.25, -0.2) is 21.6 Å². The molecule has 0 aliphatic carbocycles. The summed E-state index contributed by atoms with van der Waals surface area (Å²) in [6.45, 7) is -0.383. The molecule has 29 heavy (non-hydrogen) atoms. The molecule has 0 saturated carbocycles. The van der Waals surface area contributed by atoms with Crippen LogP contribution in [0.2, 0.25) is 10.0 Å². The molecule has 0 fully saturated rings. The van der Waals surface area contributed by atoms with E-state index in [0.717, 1.165) is 0 Å². The molecule has 0 amide bonds. The molecule has 1 atom stereocenters. The number of sulfonamides is 1. The van der Waals surface area contributed by atoms with E-state index in [9.17, 15) is 16.8 Å². The average Bonchev–Trinajstić information content (AvgIpc) is 2.69. The van der Waals surface area contributed by atoms with Crippen LogP contribution in [-0.4, -0.2) is 28.4 Å². The van der Waals surface area contributed by atoms with Gasteiger partial charge in [-0.2, -0.15) is 0 Å². The van der Waals surface area contributed by atoms with Crippen molar-refractivity contribution in [1.82, 2.24) is 9.71 Å². The number of rotatable bonds is 7. The lowest BCUT2D eigenvalue weighted by Gasteiger charge is -2.19. The van der Waals surface area contributed by atoms with Crippen LogP contribution < -0.4 is 4.72 Å². The maximum Gasteiger partial charge on any atom is 0.240 e. The Bertz CT molecular complexity index is 1200. The molecule has 0 bridgehead atoms. The van der Waals surface area contributed by atoms with Crippen LogP contribution >= 0.6 is 23.2 Å². The fraction of sp³-hybridized carbons (Fsp3) is 0.105. The van der Waals surface area contributed by atoms with Crippen LogP contribution in [-0.2, 0) is 19.9 Å². The van der Waals surface area contributed by atoms with Crippen LogP contribution in [0.15, 0.2) is 82.8 Å². The normalized spacial score (nSPS) is 13.2. The molecule has 1 aromatic heterocycles. The zero-order chi connectivity index (χ0) is 21.1. The highest BCUT2D eigenvalue weighted by molar-refractivity contribution is 7.92. The van der Waals surface area contributed by atoms with Crippen LogP contribution in [0.1, 0.15) is 10.8 Å². The summed E-state index contributed by atoms with van der Waals surface area (Å²) in [5.41, 5.74) is 0.358. The summed E-state index contributed by atoms with van der Waals surface area (Å²) in [6.07, 6.45) is 2.90. The molecule has 3 aromatic rings. The molecule has 0 spiro atoms. The van der Waals surface area contributed by atoms with Crippen molar-refractivity contribution in [3.8, 4) is 0 Å². The lowest BCUT2D eigenvalue weighted by molar-refractivity contribution is 0.568. The van der Waals surface area contributed by atoms with Crippen molar-refractivity contribution in [2.75, 3.05) is 6.54 Å². The Kier molecular flexibility index (Phi) is 6.60. The minimum absolute atomic E-state index is 0.0257. The molecular formula is C19H16Cl2N2O4S2. The summed E-state index contributed by atoms with van der Waals surface area (Å²) in [6, 6.07) is 14.6. The molecule has 0 aliphatic rings. The molecule has 2 aromatic carbocycles. The fourth-order valence-electron chi connectivity index (χ4n) is 2.66. The summed E-state index contributed by atoms with van der Waals surface area (Å²) >= 11 is 11.7. The quantitative estimate of drug-likeness (QED) is 0.565. The third-order valence-electron chi connectivity index (χ3n) is 4.14. The molecule has 0 radical (unpaired) electrons. The van der Waals surface area contributed by atoms with Crippen molar-refractivity contribution in [1.29, 1.82) is 0 Å². The first kappa shape index (κ1) is 21.7. The predicted molar refractivity (Wildman–Crippen MR) is 112 cm³/mol. The van der Waals surface area contributed by atoms with Crippen molar-refractivity contribution in [3.05, 3.63) is 88.7 Å². The molecule has 10 heteroatoms. The Balaban J connectivity index is 1.96. The highest BCUT2D eigenvalue weighted by Crippen LogP contribution is 2.29. The highest BCUT2D eigenvalue weighted by atomic mass is 35.5. The van der Waals surface area contributed by atoms with Gasteiger partial charge >= 0.3 is 0 Å². The zero-order valence-corrected chi connectivity index (χ0v) is 18.0. The van der Waals surface area contributed by atoms with E-state index in [-0.39, 0.29) is 21.4 Å². The Labute approximate surface area is 179 Å². The largest absolute Gasteiger partial charge is 0.264 e. The first-order valence-electron chi connectivity index (χ1n) is 8.35. The number of pyridine rings is 1. The van der Waals surface area contributed by atoms with Gasteiger partial charge in [-0.1, -0.05) is 35.3 Å². The number of halogens is 2. The standard InChI is InChI=1S/C19H16Cl2N2O4S2/c20-15-6-8-17(9-7-15)28(24,25)19(14-3-2-10-22-12-14)13-23-29(26,27)18-5-1-4-16(21)11-18/h1-12,19,23H,13H2. The topological polar surface area (TPSA) is 93.2 Å². The summed E-state index contributed by atoms with van der Waals surface area (Å²) in [4.78, 5) is 3.93. The van der Waals surface area contributed by atoms with E-state index in [1.54, 1.807) is 18.2 Å². The molecule has 152 valence electrons. The van der Waals surface area contributed by atoms with Crippen LogP contribution in [0.5, 0.6) is 0 Å². The van der Waals surface area contributed by atoms with Gasteiger partial charge in [-0.05, 0) is 54.1 Å². The first-order chi connectivity index (χ1) is 13.7. The van der Waals surface area contributed by atoms with Crippen molar-refractivity contribution >= 4 is 43.1 Å². The lowest BCUT2D eigenvalue weighted by atomic mass is 10.2. The number of nitrogens with zero attached hydrogens (tertiary/aromatic N) is 1. The highest BCUT2D eigenvalue weighted by Gasteiger charge is 2.31. The van der Waals surface area contributed by atoms with E-state index in [2.05, 4.69) is 9.71 Å². The molecule has 0 saturated heterocycles. The van der Waals surface area contributed by atoms with Crippen LogP contribution in [0.4, 0.5) is 0 Å². The molecule has 6 nitrogen and oxygen atoms in total. The Morgan fingerprint density at radius 1 is 0.862 bits per heavy atom. The number of hydrogen-bond donors (Lipinski definition) is 1. The van der Waals surface area contributed by atoms with Crippen molar-refractivity contribution in [3.63, 3.8) is 0 Å². The van der Waals surface area contributed by atoms with Crippen molar-refractivity contribution < 1.29 is 16.8 Å². The van der Waals surface area contributed by atoms with Gasteiger partial charge in [0.05, 0.1) is 9.79 Å². The maximum absolute atomic E-state index is 13.2. The smallest absolute Gasteiger partial charge is 0.240 e. The summed E-state index contributed by atoms with van der Waals surface area (Å²) in [5, 5.41) is -0.541. The van der Waals surface area contributed by atoms with Crippen LogP contribution in [0.3, 0.4) is 0 Å². The van der Waals surface area contributed by atoms with Gasteiger partial charge in [0, 0.05) is 29.0 Å². The number of aromatic nitrogens is 1. The SMILES string of the molecule is O=S(=O)(NCC(c1cccnc1)S(=O)(=O)c1ccc(Cl)cc1)c1cccc(Cl)c1. The van der Waals surface area contributed by atoms with Gasteiger partial charge in [-0.3, -0.25) is 4.98 Å². The monoisotopic (exact) mass is 470 g/mol. The molecule has 1 heterocycles. The van der Waals surface area contributed by atoms with E-state index in [4.69, 9.17) is 23.2 Å². The second-order valence-electron chi connectivity index (χ2n) is 6.08. The van der Waals surface area contributed by atoms with Crippen molar-refractivity contribution in [2.24, 2.45) is 0 Å². The lowest BCUT2D eigenvalue weighted by Crippen LogP contribution is -2.32. The molecular weight excluding hydrogens is 455 g/mol. The number of benzene rings is 2. The van der Waals surface area contributed by atoms with Gasteiger partial charge in [0.1, 0.15) is 5.25 Å². The van der Waals surface area contributed by atoms with Crippen LogP contribution in [0.25, 0.3) is 0 Å². The average molecular weight is 471 g/mol. The third kappa shape index (κ3) is 5.15. The van der Waals surface area contributed by atoms with E-state index in [1.807, 2.05) is 0 Å². The molecule has 3 rings (SSSR count). The van der Waals surface area contributed by atoms with E-state index in [0.29, 0.717) is 10.6 Å². The van der Waals surface area contributed by atoms with E-state index < -0.39 is 25.1 Å². The van der Waals surface area contributed by atoms with E-state index >= 15 is 0 Å². The maximum atomic E-state index is 13.2. The molecule has 1 unspecified atom stereocenters. The Morgan fingerprint density at radius 2 is 1.59 bits per heavy atom. The predicted octanol–water partition coefficient (Wildman–Crippen LogP) is 3.88. The summed E-state index contributed by atoms with van der Waals surface area (Å²) in [7, 11) is -7.91. The molecule has 0 aliphatic heterocycles. The second kappa shape index (κ2) is 8.81. The number of nitrogens with one attached hydrogen (secondary N) is 1. The second-order valence-corrected chi connectivity index (χ2v) is 10.9. The summed E-state index contributed by atoms with van der Waals surface area (Å²) in [5.74, 6) is 0. The van der Waals surface area contributed by atoms with E-state index in [1.165, 1.54) is 54.9 Å². The van der Waals surface area contributed by atoms with Gasteiger partial charge in [0.25, 0.3) is 0 Å². The molecule has 1 N–H and O–H groups in total. The third-order valence-corrected chi connectivity index (χ3v) is 8.16. The first-order valence-corrected chi connectivity index (χ1v) is 12.1.